The van der Waals surface area contributed by atoms with Gasteiger partial charge in [-0.2, -0.15) is 0 Å². The molecule has 0 radical (unpaired) electrons. The van der Waals surface area contributed by atoms with Crippen LogP contribution in [0.5, 0.6) is 0 Å². The van der Waals surface area contributed by atoms with E-state index in [4.69, 9.17) is 0 Å². The average molecular weight is 452 g/mol. The largest absolute Gasteiger partial charge is 0.322 e. The lowest BCUT2D eigenvalue weighted by Gasteiger charge is -2.14. The number of hydrogen-bond donors (Lipinski definition) is 2. The molecule has 2 N–H and O–H groups in total. The molecule has 0 aliphatic heterocycles. The zero-order chi connectivity index (χ0) is 22.2. The third-order valence-corrected chi connectivity index (χ3v) is 7.14. The van der Waals surface area contributed by atoms with Crippen LogP contribution in [0.15, 0.2) is 65.0 Å². The zero-order valence-corrected chi connectivity index (χ0v) is 18.9. The van der Waals surface area contributed by atoms with E-state index in [-0.39, 0.29) is 10.8 Å². The van der Waals surface area contributed by atoms with Crippen LogP contribution in [-0.4, -0.2) is 19.3 Å². The van der Waals surface area contributed by atoms with Crippen LogP contribution in [0.4, 0.5) is 11.4 Å². The number of rotatable bonds is 5. The summed E-state index contributed by atoms with van der Waals surface area (Å²) >= 11 is 1.46. The molecule has 0 unspecified atom stereocenters. The topological polar surface area (TPSA) is 88.2 Å². The quantitative estimate of drug-likeness (QED) is 0.432. The highest BCUT2D eigenvalue weighted by Gasteiger charge is 2.18. The number of sulfonamides is 1. The summed E-state index contributed by atoms with van der Waals surface area (Å²) in [6.07, 6.45) is 0. The molecular formula is C23H21N3O3S2. The molecule has 0 saturated carbocycles. The number of carbonyl (C=O) groups excluding carboxylic acids is 1. The number of nitrogens with one attached hydrogen (secondary N) is 2. The average Bonchev–Trinajstić information content (AvgIpc) is 3.19. The molecule has 1 amide bonds. The maximum Gasteiger partial charge on any atom is 0.261 e. The molecule has 0 spiro atoms. The van der Waals surface area contributed by atoms with E-state index >= 15 is 0 Å². The summed E-state index contributed by atoms with van der Waals surface area (Å²) < 4.78 is 29.4. The molecular weight excluding hydrogens is 430 g/mol. The highest BCUT2D eigenvalue weighted by atomic mass is 32.2. The number of amides is 1. The number of carbonyl (C=O) groups is 1. The SMILES string of the molecule is Cc1ccc(NS(=O)(=O)c2ccc(C)c(NC(=O)c3ccc4ncsc4c3)c2)c(C)c1. The van der Waals surface area contributed by atoms with Gasteiger partial charge in [-0.1, -0.05) is 23.8 Å². The number of nitrogens with zero attached hydrogens (tertiary/aromatic N) is 1. The second-order valence-electron chi connectivity index (χ2n) is 7.39. The second kappa shape index (κ2) is 8.13. The molecule has 31 heavy (non-hydrogen) atoms. The maximum atomic E-state index is 12.9. The lowest BCUT2D eigenvalue weighted by atomic mass is 10.1. The Morgan fingerprint density at radius 1 is 0.903 bits per heavy atom. The van der Waals surface area contributed by atoms with Crippen LogP contribution in [0.25, 0.3) is 10.2 Å². The van der Waals surface area contributed by atoms with Crippen LogP contribution < -0.4 is 10.0 Å². The van der Waals surface area contributed by atoms with Crippen molar-refractivity contribution in [3.63, 3.8) is 0 Å². The van der Waals surface area contributed by atoms with Crippen molar-refractivity contribution < 1.29 is 13.2 Å². The molecule has 1 aromatic heterocycles. The van der Waals surface area contributed by atoms with Gasteiger partial charge in [0.2, 0.25) is 0 Å². The minimum atomic E-state index is -3.82. The van der Waals surface area contributed by atoms with Gasteiger partial charge in [-0.05, 0) is 68.3 Å². The molecule has 4 aromatic rings. The Labute approximate surface area is 185 Å². The van der Waals surface area contributed by atoms with Gasteiger partial charge in [-0.15, -0.1) is 11.3 Å². The smallest absolute Gasteiger partial charge is 0.261 e. The summed E-state index contributed by atoms with van der Waals surface area (Å²) in [5.74, 6) is -0.310. The number of thiazole rings is 1. The molecule has 4 rings (SSSR count). The highest BCUT2D eigenvalue weighted by Crippen LogP contribution is 2.25. The number of aromatic nitrogens is 1. The van der Waals surface area contributed by atoms with Gasteiger partial charge in [0.1, 0.15) is 0 Å². The Kier molecular flexibility index (Phi) is 5.51. The predicted molar refractivity (Wildman–Crippen MR) is 125 cm³/mol. The lowest BCUT2D eigenvalue weighted by molar-refractivity contribution is 0.102. The first kappa shape index (κ1) is 21.0. The van der Waals surface area contributed by atoms with Gasteiger partial charge in [0.25, 0.3) is 15.9 Å². The molecule has 0 aliphatic carbocycles. The summed E-state index contributed by atoms with van der Waals surface area (Å²) in [5.41, 5.74) is 6.67. The van der Waals surface area contributed by atoms with Crippen LogP contribution >= 0.6 is 11.3 Å². The summed E-state index contributed by atoms with van der Waals surface area (Å²) in [7, 11) is -3.82. The molecule has 0 saturated heterocycles. The third-order valence-electron chi connectivity index (χ3n) is 4.99. The van der Waals surface area contributed by atoms with Gasteiger partial charge < -0.3 is 5.32 Å². The van der Waals surface area contributed by atoms with Crippen molar-refractivity contribution in [1.29, 1.82) is 0 Å². The Hall–Kier alpha value is -3.23. The predicted octanol–water partition coefficient (Wildman–Crippen LogP) is 5.27. The first-order valence-electron chi connectivity index (χ1n) is 9.58. The van der Waals surface area contributed by atoms with Crippen LogP contribution in [-0.2, 0) is 10.0 Å². The van der Waals surface area contributed by atoms with Crippen molar-refractivity contribution in [2.24, 2.45) is 0 Å². The molecule has 6 nitrogen and oxygen atoms in total. The van der Waals surface area contributed by atoms with E-state index in [0.29, 0.717) is 16.9 Å². The Bertz CT molecular complexity index is 1410. The van der Waals surface area contributed by atoms with E-state index in [9.17, 15) is 13.2 Å². The van der Waals surface area contributed by atoms with Crippen molar-refractivity contribution in [1.82, 2.24) is 4.98 Å². The van der Waals surface area contributed by atoms with Crippen LogP contribution in [0.1, 0.15) is 27.0 Å². The maximum absolute atomic E-state index is 12.9. The summed E-state index contributed by atoms with van der Waals surface area (Å²) in [4.78, 5) is 17.1. The van der Waals surface area contributed by atoms with Gasteiger partial charge in [0.05, 0.1) is 26.3 Å². The minimum absolute atomic E-state index is 0.0753. The second-order valence-corrected chi connectivity index (χ2v) is 9.96. The molecule has 0 fully saturated rings. The third kappa shape index (κ3) is 4.45. The van der Waals surface area contributed by atoms with Crippen LogP contribution in [0, 0.1) is 20.8 Å². The standard InChI is InChI=1S/C23H21N3O3S2/c1-14-4-8-19(16(3)10-14)26-31(28,29)18-7-5-15(2)21(12-18)25-23(27)17-6-9-20-22(11-17)30-13-24-20/h4-13,26H,1-3H3,(H,25,27). The van der Waals surface area contributed by atoms with E-state index in [1.807, 2.05) is 32.9 Å². The number of anilines is 2. The van der Waals surface area contributed by atoms with E-state index in [0.717, 1.165) is 26.9 Å². The molecule has 0 atom stereocenters. The fourth-order valence-corrected chi connectivity index (χ4v) is 5.10. The molecule has 3 aromatic carbocycles. The van der Waals surface area contributed by atoms with Gasteiger partial charge in [0, 0.05) is 11.3 Å². The monoisotopic (exact) mass is 451 g/mol. The van der Waals surface area contributed by atoms with Crippen LogP contribution in [0.3, 0.4) is 0 Å². The summed E-state index contributed by atoms with van der Waals surface area (Å²) in [6.45, 7) is 5.62. The summed E-state index contributed by atoms with van der Waals surface area (Å²) in [5, 5.41) is 2.83. The van der Waals surface area contributed by atoms with E-state index in [2.05, 4.69) is 15.0 Å². The van der Waals surface area contributed by atoms with Gasteiger partial charge in [0.15, 0.2) is 0 Å². The normalized spacial score (nSPS) is 11.5. The number of benzene rings is 3. The van der Waals surface area contributed by atoms with Crippen molar-refractivity contribution in [2.45, 2.75) is 25.7 Å². The molecule has 0 bridgehead atoms. The summed E-state index contributed by atoms with van der Waals surface area (Å²) in [6, 6.07) is 15.5. The Morgan fingerprint density at radius 2 is 1.71 bits per heavy atom. The first-order valence-corrected chi connectivity index (χ1v) is 11.9. The highest BCUT2D eigenvalue weighted by molar-refractivity contribution is 7.92. The van der Waals surface area contributed by atoms with E-state index in [1.54, 1.807) is 35.8 Å². The number of hydrogen-bond acceptors (Lipinski definition) is 5. The van der Waals surface area contributed by atoms with E-state index in [1.165, 1.54) is 23.5 Å². The fourth-order valence-electron chi connectivity index (χ4n) is 3.23. The number of fused-ring (bicyclic) bond motifs is 1. The van der Waals surface area contributed by atoms with Crippen molar-refractivity contribution in [2.75, 3.05) is 10.0 Å². The van der Waals surface area contributed by atoms with Crippen molar-refractivity contribution >= 4 is 48.9 Å². The Morgan fingerprint density at radius 3 is 2.48 bits per heavy atom. The number of aryl methyl sites for hydroxylation is 3. The Balaban J connectivity index is 1.60. The fraction of sp³-hybridized carbons (Fsp3) is 0.130. The molecule has 0 aliphatic rings. The molecule has 8 heteroatoms. The first-order chi connectivity index (χ1) is 14.7. The lowest BCUT2D eigenvalue weighted by Crippen LogP contribution is -2.16. The van der Waals surface area contributed by atoms with Gasteiger partial charge in [-0.25, -0.2) is 13.4 Å². The van der Waals surface area contributed by atoms with Gasteiger partial charge in [-0.3, -0.25) is 9.52 Å². The van der Waals surface area contributed by atoms with Crippen LogP contribution in [0.2, 0.25) is 0 Å². The zero-order valence-electron chi connectivity index (χ0n) is 17.3. The van der Waals surface area contributed by atoms with Crippen molar-refractivity contribution in [3.05, 3.63) is 82.4 Å². The van der Waals surface area contributed by atoms with Crippen molar-refractivity contribution in [3.8, 4) is 0 Å². The molecule has 1 heterocycles. The van der Waals surface area contributed by atoms with E-state index < -0.39 is 10.0 Å². The van der Waals surface area contributed by atoms with Gasteiger partial charge >= 0.3 is 0 Å². The molecule has 158 valence electrons. The minimum Gasteiger partial charge on any atom is -0.322 e.